The zero-order valence-corrected chi connectivity index (χ0v) is 16.3. The molecule has 32 heavy (non-hydrogen) atoms. The normalized spacial score (nSPS) is 13.7. The molecule has 1 fully saturated rings. The average molecular weight is 445 g/mol. The average Bonchev–Trinajstić information content (AvgIpc) is 3.49. The summed E-state index contributed by atoms with van der Waals surface area (Å²) in [6.07, 6.45) is 1.71. The lowest BCUT2D eigenvalue weighted by molar-refractivity contribution is -0.0498. The van der Waals surface area contributed by atoms with E-state index in [-0.39, 0.29) is 40.5 Å². The number of anilines is 3. The molecule has 0 bridgehead atoms. The number of nitrogens with one attached hydrogen (secondary N) is 1. The van der Waals surface area contributed by atoms with Crippen molar-refractivity contribution >= 4 is 28.6 Å². The predicted molar refractivity (Wildman–Crippen MR) is 107 cm³/mol. The van der Waals surface area contributed by atoms with Crippen LogP contribution in [0, 0.1) is 11.6 Å². The molecule has 0 unspecified atom stereocenters. The van der Waals surface area contributed by atoms with Crippen LogP contribution in [0.5, 0.6) is 5.75 Å². The van der Waals surface area contributed by atoms with Gasteiger partial charge in [-0.2, -0.15) is 23.7 Å². The van der Waals surface area contributed by atoms with Gasteiger partial charge in [-0.25, -0.2) is 13.8 Å². The molecule has 3 N–H and O–H groups in total. The van der Waals surface area contributed by atoms with Crippen LogP contribution in [0.15, 0.2) is 36.4 Å². The largest absolute Gasteiger partial charge is 0.435 e. The molecule has 0 atom stereocenters. The van der Waals surface area contributed by atoms with E-state index >= 15 is 0 Å². The molecule has 164 valence electrons. The lowest BCUT2D eigenvalue weighted by atomic mass is 10.3. The summed E-state index contributed by atoms with van der Waals surface area (Å²) in [5.74, 6) is -1.00. The Balaban J connectivity index is 1.55. The first-order valence-corrected chi connectivity index (χ1v) is 9.58. The van der Waals surface area contributed by atoms with Crippen molar-refractivity contribution in [2.45, 2.75) is 25.4 Å². The topological polar surface area (TPSA) is 104 Å². The number of benzene rings is 2. The number of fused-ring (bicyclic) bond motifs is 1. The highest BCUT2D eigenvalue weighted by Crippen LogP contribution is 2.42. The lowest BCUT2D eigenvalue weighted by Gasteiger charge is -2.11. The van der Waals surface area contributed by atoms with Crippen LogP contribution in [0.4, 0.5) is 35.1 Å². The Kier molecular flexibility index (Phi) is 4.76. The lowest BCUT2D eigenvalue weighted by Crippen LogP contribution is -2.11. The van der Waals surface area contributed by atoms with Crippen LogP contribution in [0.3, 0.4) is 0 Å². The Morgan fingerprint density at radius 1 is 1.03 bits per heavy atom. The van der Waals surface area contributed by atoms with E-state index < -0.39 is 18.2 Å². The second-order valence-electron chi connectivity index (χ2n) is 7.18. The maximum Gasteiger partial charge on any atom is 0.387 e. The molecular weight excluding hydrogens is 430 g/mol. The summed E-state index contributed by atoms with van der Waals surface area (Å²) in [7, 11) is 0. The number of hydrogen-bond donors (Lipinski definition) is 2. The van der Waals surface area contributed by atoms with E-state index in [4.69, 9.17) is 5.73 Å². The summed E-state index contributed by atoms with van der Waals surface area (Å²) in [5, 5.41) is 2.90. The third-order valence-corrected chi connectivity index (χ3v) is 4.82. The van der Waals surface area contributed by atoms with Crippen LogP contribution in [0.2, 0.25) is 0 Å². The molecule has 0 aliphatic heterocycles. The fourth-order valence-corrected chi connectivity index (χ4v) is 3.33. The maximum atomic E-state index is 14.3. The van der Waals surface area contributed by atoms with Crippen LogP contribution in [-0.4, -0.2) is 31.1 Å². The summed E-state index contributed by atoms with van der Waals surface area (Å²) in [6, 6.07) is 7.60. The molecule has 1 aliphatic carbocycles. The van der Waals surface area contributed by atoms with Crippen molar-refractivity contribution in [2.24, 2.45) is 0 Å². The van der Waals surface area contributed by atoms with E-state index in [1.807, 2.05) is 0 Å². The molecule has 1 saturated carbocycles. The van der Waals surface area contributed by atoms with Crippen molar-refractivity contribution < 1.29 is 22.3 Å². The third kappa shape index (κ3) is 3.86. The van der Waals surface area contributed by atoms with Gasteiger partial charge in [-0.1, -0.05) is 0 Å². The van der Waals surface area contributed by atoms with Crippen molar-refractivity contribution in [3.05, 3.63) is 53.9 Å². The molecule has 0 radical (unpaired) electrons. The van der Waals surface area contributed by atoms with Crippen molar-refractivity contribution in [1.29, 1.82) is 0 Å². The molecule has 2 aromatic carbocycles. The monoisotopic (exact) mass is 445 g/mol. The smallest absolute Gasteiger partial charge is 0.387 e. The molecule has 2 aromatic heterocycles. The Hall–Kier alpha value is -3.96. The van der Waals surface area contributed by atoms with E-state index in [1.165, 1.54) is 28.8 Å². The van der Waals surface area contributed by atoms with Gasteiger partial charge in [0.1, 0.15) is 22.9 Å². The summed E-state index contributed by atoms with van der Waals surface area (Å²) < 4.78 is 58.7. The molecule has 8 nitrogen and oxygen atoms in total. The van der Waals surface area contributed by atoms with E-state index in [2.05, 4.69) is 30.0 Å². The first-order valence-electron chi connectivity index (χ1n) is 9.58. The zero-order chi connectivity index (χ0) is 22.4. The minimum atomic E-state index is -2.93. The molecule has 1 aliphatic rings. The van der Waals surface area contributed by atoms with Crippen molar-refractivity contribution in [1.82, 2.24) is 24.5 Å². The van der Waals surface area contributed by atoms with Crippen molar-refractivity contribution in [2.75, 3.05) is 11.1 Å². The number of alkyl halides is 2. The van der Waals surface area contributed by atoms with Crippen LogP contribution in [0.25, 0.3) is 17.0 Å². The zero-order valence-electron chi connectivity index (χ0n) is 16.3. The highest BCUT2D eigenvalue weighted by Gasteiger charge is 2.32. The summed E-state index contributed by atoms with van der Waals surface area (Å²) in [6.45, 7) is -2.93. The summed E-state index contributed by atoms with van der Waals surface area (Å²) >= 11 is 0. The number of hydrogen-bond acceptors (Lipinski definition) is 7. The highest BCUT2D eigenvalue weighted by atomic mass is 19.3. The fraction of sp³-hybridized carbons (Fsp3) is 0.200. The van der Waals surface area contributed by atoms with Crippen molar-refractivity contribution in [3.63, 3.8) is 0 Å². The number of rotatable bonds is 6. The van der Waals surface area contributed by atoms with Crippen LogP contribution in [0.1, 0.15) is 24.6 Å². The van der Waals surface area contributed by atoms with Gasteiger partial charge in [0.25, 0.3) is 0 Å². The standard InChI is InChI=1S/C20H15F4N7O/c21-10-7-13(22)15-14(8-10)31(16(27-15)9-1-2-9)20-29-18(25)28-19(30-20)26-11-3-5-12(6-4-11)32-17(23)24/h3-9,17H,1-2H2,(H3,25,26,28,29,30). The third-order valence-electron chi connectivity index (χ3n) is 4.82. The number of nitrogen functional groups attached to an aromatic ring is 1. The maximum absolute atomic E-state index is 14.3. The fourth-order valence-electron chi connectivity index (χ4n) is 3.33. The van der Waals surface area contributed by atoms with Crippen LogP contribution in [-0.2, 0) is 0 Å². The van der Waals surface area contributed by atoms with E-state index in [9.17, 15) is 17.6 Å². The molecule has 0 amide bonds. The number of nitrogens with two attached hydrogens (primary N) is 1. The van der Waals surface area contributed by atoms with Gasteiger partial charge in [-0.05, 0) is 37.1 Å². The molecule has 4 aromatic rings. The molecule has 5 rings (SSSR count). The van der Waals surface area contributed by atoms with Gasteiger partial charge in [0.2, 0.25) is 17.8 Å². The summed E-state index contributed by atoms with van der Waals surface area (Å²) in [4.78, 5) is 16.9. The van der Waals surface area contributed by atoms with E-state index in [0.717, 1.165) is 25.0 Å². The molecular formula is C20H15F4N7O. The summed E-state index contributed by atoms with van der Waals surface area (Å²) in [5.41, 5.74) is 6.51. The molecule has 0 spiro atoms. The van der Waals surface area contributed by atoms with E-state index in [0.29, 0.717) is 11.5 Å². The molecule has 12 heteroatoms. The quantitative estimate of drug-likeness (QED) is 0.427. The van der Waals surface area contributed by atoms with Crippen LogP contribution < -0.4 is 15.8 Å². The second kappa shape index (κ2) is 7.62. The number of halogens is 4. The Morgan fingerprint density at radius 2 is 1.78 bits per heavy atom. The second-order valence-corrected chi connectivity index (χ2v) is 7.18. The predicted octanol–water partition coefficient (Wildman–Crippen LogP) is 4.29. The Labute approximate surface area is 178 Å². The van der Waals surface area contributed by atoms with Gasteiger partial charge in [0.05, 0.1) is 5.52 Å². The number of imidazole rings is 1. The SMILES string of the molecule is Nc1nc(Nc2ccc(OC(F)F)cc2)nc(-n2c(C3CC3)nc3c(F)cc(F)cc32)n1. The van der Waals surface area contributed by atoms with Gasteiger partial charge in [-0.15, -0.1) is 0 Å². The van der Waals surface area contributed by atoms with Gasteiger partial charge in [0.15, 0.2) is 5.82 Å². The minimum absolute atomic E-state index is 0.00980. The number of aromatic nitrogens is 5. The van der Waals surface area contributed by atoms with E-state index in [1.54, 1.807) is 0 Å². The molecule has 0 saturated heterocycles. The Bertz CT molecular complexity index is 1310. The van der Waals surface area contributed by atoms with Gasteiger partial charge in [-0.3, -0.25) is 4.57 Å². The number of nitrogens with zero attached hydrogens (tertiary/aromatic N) is 5. The highest BCUT2D eigenvalue weighted by molar-refractivity contribution is 5.79. The van der Waals surface area contributed by atoms with Gasteiger partial charge >= 0.3 is 6.61 Å². The van der Waals surface area contributed by atoms with Gasteiger partial charge < -0.3 is 15.8 Å². The van der Waals surface area contributed by atoms with Crippen LogP contribution >= 0.6 is 0 Å². The first kappa shape index (κ1) is 20.0. The number of ether oxygens (including phenoxy) is 1. The van der Waals surface area contributed by atoms with Gasteiger partial charge in [0, 0.05) is 23.7 Å². The molecule has 2 heterocycles. The Morgan fingerprint density at radius 3 is 2.47 bits per heavy atom. The van der Waals surface area contributed by atoms with Crippen molar-refractivity contribution in [3.8, 4) is 11.7 Å². The first-order chi connectivity index (χ1) is 15.4. The minimum Gasteiger partial charge on any atom is -0.435 e.